The number of hydrogen-bond acceptors (Lipinski definition) is 5. The topological polar surface area (TPSA) is 75.7 Å². The molecule has 150 valence electrons. The summed E-state index contributed by atoms with van der Waals surface area (Å²) in [5.74, 6) is -0.900. The molecule has 0 spiro atoms. The van der Waals surface area contributed by atoms with E-state index in [0.717, 1.165) is 22.2 Å². The van der Waals surface area contributed by atoms with Crippen LogP contribution in [-0.4, -0.2) is 41.6 Å². The van der Waals surface area contributed by atoms with Crippen LogP contribution in [0.25, 0.3) is 6.08 Å². The molecule has 0 atom stereocenters. The fraction of sp³-hybridized carbons (Fsp3) is 0.150. The van der Waals surface area contributed by atoms with E-state index >= 15 is 0 Å². The van der Waals surface area contributed by atoms with Crippen LogP contribution in [0.15, 0.2) is 57.9 Å². The highest BCUT2D eigenvalue weighted by Crippen LogP contribution is 2.31. The molecule has 3 amide bonds. The van der Waals surface area contributed by atoms with E-state index in [9.17, 15) is 18.8 Å². The lowest BCUT2D eigenvalue weighted by Crippen LogP contribution is -2.38. The van der Waals surface area contributed by atoms with Crippen LogP contribution in [-0.2, 0) is 9.59 Å². The maximum Gasteiger partial charge on any atom is 0.293 e. The Kier molecular flexibility index (Phi) is 7.05. The lowest BCUT2D eigenvalue weighted by atomic mass is 10.2. The number of nitrogens with one attached hydrogen (secondary N) is 1. The van der Waals surface area contributed by atoms with E-state index in [1.54, 1.807) is 6.08 Å². The summed E-state index contributed by atoms with van der Waals surface area (Å²) in [4.78, 5) is 37.9. The summed E-state index contributed by atoms with van der Waals surface area (Å²) in [6.07, 6.45) is 1.66. The molecule has 1 saturated heterocycles. The van der Waals surface area contributed by atoms with Gasteiger partial charge in [-0.2, -0.15) is 0 Å². The highest BCUT2D eigenvalue weighted by Gasteiger charge is 2.34. The van der Waals surface area contributed by atoms with Gasteiger partial charge in [0.25, 0.3) is 17.1 Å². The Balaban J connectivity index is 1.47. The summed E-state index contributed by atoms with van der Waals surface area (Å²) >= 11 is 4.02. The monoisotopic (exact) mass is 478 g/mol. The molecule has 0 aliphatic carbocycles. The van der Waals surface area contributed by atoms with Crippen LogP contribution in [0.2, 0.25) is 0 Å². The van der Waals surface area contributed by atoms with Crippen LogP contribution in [0.3, 0.4) is 0 Å². The number of thioether (sulfide) groups is 1. The van der Waals surface area contributed by atoms with Crippen molar-refractivity contribution in [1.82, 2.24) is 10.2 Å². The van der Waals surface area contributed by atoms with Gasteiger partial charge in [-0.15, -0.1) is 0 Å². The zero-order valence-electron chi connectivity index (χ0n) is 15.1. The van der Waals surface area contributed by atoms with Gasteiger partial charge in [0.05, 0.1) is 9.38 Å². The predicted octanol–water partition coefficient (Wildman–Crippen LogP) is 3.82. The molecular formula is C20H16BrFN2O4S. The van der Waals surface area contributed by atoms with Gasteiger partial charge in [-0.05, 0) is 57.5 Å². The number of halogens is 2. The molecule has 1 heterocycles. The summed E-state index contributed by atoms with van der Waals surface area (Å²) in [7, 11) is 0. The van der Waals surface area contributed by atoms with Crippen molar-refractivity contribution >= 4 is 50.8 Å². The molecule has 1 N–H and O–H groups in total. The van der Waals surface area contributed by atoms with Gasteiger partial charge in [0.1, 0.15) is 11.6 Å². The van der Waals surface area contributed by atoms with Crippen molar-refractivity contribution in [3.8, 4) is 5.75 Å². The fourth-order valence-corrected chi connectivity index (χ4v) is 3.82. The third kappa shape index (κ3) is 5.68. The van der Waals surface area contributed by atoms with Gasteiger partial charge in [0.2, 0.25) is 0 Å². The second-order valence-electron chi connectivity index (χ2n) is 5.96. The van der Waals surface area contributed by atoms with Crippen molar-refractivity contribution in [2.75, 3.05) is 19.7 Å². The highest BCUT2D eigenvalue weighted by atomic mass is 79.9. The van der Waals surface area contributed by atoms with Crippen molar-refractivity contribution in [2.24, 2.45) is 0 Å². The largest absolute Gasteiger partial charge is 0.483 e. The van der Waals surface area contributed by atoms with Crippen LogP contribution in [0, 0.1) is 5.82 Å². The van der Waals surface area contributed by atoms with Crippen molar-refractivity contribution in [3.05, 3.63) is 69.3 Å². The van der Waals surface area contributed by atoms with Gasteiger partial charge in [0, 0.05) is 13.1 Å². The molecule has 1 aliphatic rings. The van der Waals surface area contributed by atoms with E-state index in [4.69, 9.17) is 4.74 Å². The van der Waals surface area contributed by atoms with Crippen LogP contribution in [0.5, 0.6) is 5.75 Å². The molecular weight excluding hydrogens is 463 g/mol. The molecule has 0 bridgehead atoms. The first-order chi connectivity index (χ1) is 13.9. The van der Waals surface area contributed by atoms with Crippen molar-refractivity contribution in [3.63, 3.8) is 0 Å². The molecule has 0 radical (unpaired) electrons. The van der Waals surface area contributed by atoms with Gasteiger partial charge in [-0.3, -0.25) is 19.3 Å². The van der Waals surface area contributed by atoms with Gasteiger partial charge in [-0.1, -0.05) is 30.3 Å². The zero-order chi connectivity index (χ0) is 20.8. The first-order valence-electron chi connectivity index (χ1n) is 8.59. The molecule has 2 aromatic carbocycles. The van der Waals surface area contributed by atoms with Crippen molar-refractivity contribution < 1.29 is 23.5 Å². The molecule has 0 aromatic heterocycles. The van der Waals surface area contributed by atoms with Gasteiger partial charge in [0.15, 0.2) is 6.61 Å². The molecule has 29 heavy (non-hydrogen) atoms. The second kappa shape index (κ2) is 9.71. The first-order valence-corrected chi connectivity index (χ1v) is 10.2. The normalized spacial score (nSPS) is 15.1. The molecule has 3 rings (SSSR count). The molecule has 9 heteroatoms. The average molecular weight is 479 g/mol. The summed E-state index contributed by atoms with van der Waals surface area (Å²) in [6, 6.07) is 13.1. The summed E-state index contributed by atoms with van der Waals surface area (Å²) in [6.45, 7) is -0.119. The second-order valence-corrected chi connectivity index (χ2v) is 7.80. The van der Waals surface area contributed by atoms with Gasteiger partial charge < -0.3 is 10.1 Å². The summed E-state index contributed by atoms with van der Waals surface area (Å²) in [5.41, 5.74) is 0.829. The van der Waals surface area contributed by atoms with E-state index < -0.39 is 11.7 Å². The minimum absolute atomic E-state index is 0.0583. The Labute approximate surface area is 179 Å². The lowest BCUT2D eigenvalue weighted by molar-refractivity contribution is -0.125. The summed E-state index contributed by atoms with van der Waals surface area (Å²) in [5, 5.41) is 2.21. The zero-order valence-corrected chi connectivity index (χ0v) is 17.5. The minimum Gasteiger partial charge on any atom is -0.483 e. The third-order valence-corrected chi connectivity index (χ3v) is 5.41. The van der Waals surface area contributed by atoms with Crippen LogP contribution in [0.4, 0.5) is 9.18 Å². The quantitative estimate of drug-likeness (QED) is 0.612. The Bertz CT molecular complexity index is 968. The van der Waals surface area contributed by atoms with E-state index in [-0.39, 0.29) is 30.8 Å². The highest BCUT2D eigenvalue weighted by molar-refractivity contribution is 9.10. The Morgan fingerprint density at radius 3 is 2.69 bits per heavy atom. The molecule has 0 unspecified atom stereocenters. The number of nitrogens with zero attached hydrogens (tertiary/aromatic N) is 1. The van der Waals surface area contributed by atoms with Gasteiger partial charge >= 0.3 is 0 Å². The van der Waals surface area contributed by atoms with Crippen LogP contribution >= 0.6 is 27.7 Å². The Morgan fingerprint density at radius 1 is 1.21 bits per heavy atom. The molecule has 1 aliphatic heterocycles. The van der Waals surface area contributed by atoms with Crippen LogP contribution < -0.4 is 10.1 Å². The number of amides is 3. The molecule has 2 aromatic rings. The first kappa shape index (κ1) is 21.1. The number of hydrogen-bond donors (Lipinski definition) is 1. The average Bonchev–Trinajstić information content (AvgIpc) is 2.95. The van der Waals surface area contributed by atoms with E-state index in [0.29, 0.717) is 15.1 Å². The number of imide groups is 1. The predicted molar refractivity (Wildman–Crippen MR) is 112 cm³/mol. The van der Waals surface area contributed by atoms with E-state index in [1.807, 2.05) is 30.3 Å². The Hall–Kier alpha value is -2.65. The summed E-state index contributed by atoms with van der Waals surface area (Å²) < 4.78 is 18.8. The number of benzene rings is 2. The van der Waals surface area contributed by atoms with Crippen molar-refractivity contribution in [1.29, 1.82) is 0 Å². The molecule has 6 nitrogen and oxygen atoms in total. The number of ether oxygens (including phenoxy) is 1. The van der Waals surface area contributed by atoms with Gasteiger partial charge in [-0.25, -0.2) is 4.39 Å². The van der Waals surface area contributed by atoms with E-state index in [2.05, 4.69) is 21.2 Å². The number of carbonyl (C=O) groups excluding carboxylic acids is 3. The number of carbonyl (C=O) groups is 3. The minimum atomic E-state index is -0.424. The maximum absolute atomic E-state index is 13.0. The van der Waals surface area contributed by atoms with Crippen LogP contribution in [0.1, 0.15) is 5.56 Å². The fourth-order valence-electron chi connectivity index (χ4n) is 2.49. The standard InChI is InChI=1S/C20H16BrFN2O4S/c21-15-11-14(22)6-7-16(15)28-12-18(25)23-8-9-24-19(26)17(29-20(24)27)10-13-4-2-1-3-5-13/h1-7,10-11H,8-9,12H2,(H,23,25)/b17-10-. The Morgan fingerprint density at radius 2 is 1.97 bits per heavy atom. The molecule has 0 saturated carbocycles. The SMILES string of the molecule is O=C(COc1ccc(F)cc1Br)NCCN1C(=O)S/C(=C\c2ccccc2)C1=O. The smallest absolute Gasteiger partial charge is 0.293 e. The maximum atomic E-state index is 13.0. The van der Waals surface area contributed by atoms with E-state index in [1.165, 1.54) is 18.2 Å². The lowest BCUT2D eigenvalue weighted by Gasteiger charge is -2.13. The third-order valence-electron chi connectivity index (χ3n) is 3.88. The van der Waals surface area contributed by atoms with Crippen molar-refractivity contribution in [2.45, 2.75) is 0 Å². The molecule has 1 fully saturated rings. The number of rotatable bonds is 7.